The summed E-state index contributed by atoms with van der Waals surface area (Å²) in [5.41, 5.74) is 2.52. The molecule has 0 saturated carbocycles. The van der Waals surface area contributed by atoms with Crippen LogP contribution in [-0.2, 0) is 11.8 Å². The van der Waals surface area contributed by atoms with Gasteiger partial charge in [0.25, 0.3) is 0 Å². The maximum atomic E-state index is 5.01. The van der Waals surface area contributed by atoms with Gasteiger partial charge in [0.05, 0.1) is 12.3 Å². The number of nitrogens with zero attached hydrogens (tertiary/aromatic N) is 2. The molecule has 17 heavy (non-hydrogen) atoms. The van der Waals surface area contributed by atoms with Gasteiger partial charge in [-0.3, -0.25) is 4.68 Å². The summed E-state index contributed by atoms with van der Waals surface area (Å²) < 4.78 is 6.90. The van der Waals surface area contributed by atoms with Crippen LogP contribution in [0.4, 0.5) is 0 Å². The van der Waals surface area contributed by atoms with Gasteiger partial charge in [0.1, 0.15) is 0 Å². The topological polar surface area (TPSA) is 39.1 Å². The largest absolute Gasteiger partial charge is 0.383 e. The van der Waals surface area contributed by atoms with Gasteiger partial charge < -0.3 is 10.1 Å². The van der Waals surface area contributed by atoms with Crippen molar-refractivity contribution in [3.05, 3.63) is 23.5 Å². The molecule has 1 aromatic heterocycles. The van der Waals surface area contributed by atoms with E-state index in [2.05, 4.69) is 30.3 Å². The number of hydrogen-bond donors (Lipinski definition) is 1. The Bertz CT molecular complexity index is 355. The average molecular weight is 237 g/mol. The van der Waals surface area contributed by atoms with E-state index >= 15 is 0 Å². The Kier molecular flexibility index (Phi) is 5.94. The molecular formula is C13H23N3O. The SMILES string of the molecule is COCCNCC(=Cc1ccnn1C)C(C)C. The molecule has 0 fully saturated rings. The number of hydrogen-bond acceptors (Lipinski definition) is 3. The minimum Gasteiger partial charge on any atom is -0.383 e. The van der Waals surface area contributed by atoms with Crippen molar-refractivity contribution >= 4 is 6.08 Å². The zero-order chi connectivity index (χ0) is 12.7. The summed E-state index contributed by atoms with van der Waals surface area (Å²) in [7, 11) is 3.68. The van der Waals surface area contributed by atoms with Crippen LogP contribution in [0.15, 0.2) is 17.8 Å². The Morgan fingerprint density at radius 3 is 2.88 bits per heavy atom. The molecule has 1 N–H and O–H groups in total. The molecule has 0 spiro atoms. The number of nitrogens with one attached hydrogen (secondary N) is 1. The number of aryl methyl sites for hydroxylation is 1. The first-order chi connectivity index (χ1) is 8.15. The third-order valence-electron chi connectivity index (χ3n) is 2.75. The highest BCUT2D eigenvalue weighted by molar-refractivity contribution is 5.49. The molecule has 1 aromatic rings. The molecule has 0 atom stereocenters. The van der Waals surface area contributed by atoms with Gasteiger partial charge in [0, 0.05) is 33.4 Å². The van der Waals surface area contributed by atoms with Crippen LogP contribution in [-0.4, -0.2) is 36.6 Å². The summed E-state index contributed by atoms with van der Waals surface area (Å²) >= 11 is 0. The predicted molar refractivity (Wildman–Crippen MR) is 70.8 cm³/mol. The normalized spacial score (nSPS) is 12.4. The lowest BCUT2D eigenvalue weighted by Crippen LogP contribution is -2.23. The first kappa shape index (κ1) is 13.9. The molecule has 1 rings (SSSR count). The third-order valence-corrected chi connectivity index (χ3v) is 2.75. The number of ether oxygens (including phenoxy) is 1. The standard InChI is InChI=1S/C13H23N3O/c1-11(2)12(10-14-7-8-17-4)9-13-5-6-15-16(13)3/h5-6,9,11,14H,7-8,10H2,1-4H3. The maximum Gasteiger partial charge on any atom is 0.0606 e. The fourth-order valence-corrected chi connectivity index (χ4v) is 1.54. The molecule has 96 valence electrons. The first-order valence-electron chi connectivity index (χ1n) is 6.03. The molecule has 0 saturated heterocycles. The van der Waals surface area contributed by atoms with E-state index < -0.39 is 0 Å². The highest BCUT2D eigenvalue weighted by Gasteiger charge is 2.04. The lowest BCUT2D eigenvalue weighted by atomic mass is 10.0. The highest BCUT2D eigenvalue weighted by Crippen LogP contribution is 2.13. The van der Waals surface area contributed by atoms with Crippen molar-refractivity contribution in [2.75, 3.05) is 26.8 Å². The van der Waals surface area contributed by atoms with Gasteiger partial charge in [-0.1, -0.05) is 19.4 Å². The van der Waals surface area contributed by atoms with Crippen LogP contribution >= 0.6 is 0 Å². The molecule has 0 radical (unpaired) electrons. The minimum absolute atomic E-state index is 0.528. The van der Waals surface area contributed by atoms with Crippen LogP contribution in [0.1, 0.15) is 19.5 Å². The van der Waals surface area contributed by atoms with Crippen LogP contribution in [0.3, 0.4) is 0 Å². The van der Waals surface area contributed by atoms with Crippen LogP contribution in [0, 0.1) is 5.92 Å². The smallest absolute Gasteiger partial charge is 0.0606 e. The highest BCUT2D eigenvalue weighted by atomic mass is 16.5. The zero-order valence-corrected chi connectivity index (χ0v) is 11.2. The van der Waals surface area contributed by atoms with Crippen molar-refractivity contribution in [1.82, 2.24) is 15.1 Å². The monoisotopic (exact) mass is 237 g/mol. The van der Waals surface area contributed by atoms with Crippen molar-refractivity contribution in [2.24, 2.45) is 13.0 Å². The fraction of sp³-hybridized carbons (Fsp3) is 0.615. The van der Waals surface area contributed by atoms with Crippen molar-refractivity contribution in [3.8, 4) is 0 Å². The molecule has 4 heteroatoms. The van der Waals surface area contributed by atoms with Gasteiger partial charge >= 0.3 is 0 Å². The molecule has 0 amide bonds. The lowest BCUT2D eigenvalue weighted by Gasteiger charge is -2.12. The molecule has 0 aliphatic heterocycles. The maximum absolute atomic E-state index is 5.01. The van der Waals surface area contributed by atoms with Crippen molar-refractivity contribution in [1.29, 1.82) is 0 Å². The molecule has 0 bridgehead atoms. The van der Waals surface area contributed by atoms with Crippen LogP contribution < -0.4 is 5.32 Å². The van der Waals surface area contributed by atoms with Crippen molar-refractivity contribution in [2.45, 2.75) is 13.8 Å². The van der Waals surface area contributed by atoms with Crippen LogP contribution in [0.25, 0.3) is 6.08 Å². The van der Waals surface area contributed by atoms with Gasteiger partial charge in [0.2, 0.25) is 0 Å². The predicted octanol–water partition coefficient (Wildman–Crippen LogP) is 1.70. The van der Waals surface area contributed by atoms with E-state index in [9.17, 15) is 0 Å². The minimum atomic E-state index is 0.528. The zero-order valence-electron chi connectivity index (χ0n) is 11.2. The van der Waals surface area contributed by atoms with Gasteiger partial charge in [-0.15, -0.1) is 0 Å². The van der Waals surface area contributed by atoms with Crippen molar-refractivity contribution in [3.63, 3.8) is 0 Å². The number of rotatable bonds is 7. The van der Waals surface area contributed by atoms with E-state index in [1.54, 1.807) is 7.11 Å². The Morgan fingerprint density at radius 2 is 2.35 bits per heavy atom. The van der Waals surface area contributed by atoms with E-state index in [1.165, 1.54) is 5.57 Å². The molecule has 4 nitrogen and oxygen atoms in total. The quantitative estimate of drug-likeness (QED) is 0.734. The second-order valence-corrected chi connectivity index (χ2v) is 4.42. The second kappa shape index (κ2) is 7.25. The second-order valence-electron chi connectivity index (χ2n) is 4.42. The van der Waals surface area contributed by atoms with Gasteiger partial charge in [-0.25, -0.2) is 0 Å². The number of aromatic nitrogens is 2. The van der Waals surface area contributed by atoms with Crippen LogP contribution in [0.5, 0.6) is 0 Å². The summed E-state index contributed by atoms with van der Waals surface area (Å²) in [6.07, 6.45) is 4.03. The summed E-state index contributed by atoms with van der Waals surface area (Å²) in [5.74, 6) is 0.528. The van der Waals surface area contributed by atoms with E-state index in [4.69, 9.17) is 4.74 Å². The van der Waals surface area contributed by atoms with Gasteiger partial charge in [-0.05, 0) is 18.1 Å². The molecule has 0 unspecified atom stereocenters. The molecular weight excluding hydrogens is 214 g/mol. The number of methoxy groups -OCH3 is 1. The lowest BCUT2D eigenvalue weighted by molar-refractivity contribution is 0.200. The molecule has 1 heterocycles. The van der Waals surface area contributed by atoms with E-state index in [0.717, 1.165) is 25.4 Å². The summed E-state index contributed by atoms with van der Waals surface area (Å²) in [6.45, 7) is 6.94. The van der Waals surface area contributed by atoms with Crippen molar-refractivity contribution < 1.29 is 4.74 Å². The van der Waals surface area contributed by atoms with E-state index in [-0.39, 0.29) is 0 Å². The average Bonchev–Trinajstić information content (AvgIpc) is 2.68. The third kappa shape index (κ3) is 4.71. The Morgan fingerprint density at radius 1 is 1.59 bits per heavy atom. The molecule has 0 aliphatic rings. The van der Waals surface area contributed by atoms with E-state index in [1.807, 2.05) is 24.0 Å². The molecule has 0 aliphatic carbocycles. The fourth-order valence-electron chi connectivity index (χ4n) is 1.54. The Balaban J connectivity index is 2.60. The summed E-state index contributed by atoms with van der Waals surface area (Å²) in [4.78, 5) is 0. The van der Waals surface area contributed by atoms with E-state index in [0.29, 0.717) is 5.92 Å². The van der Waals surface area contributed by atoms with Crippen LogP contribution in [0.2, 0.25) is 0 Å². The summed E-state index contributed by atoms with van der Waals surface area (Å²) in [5, 5.41) is 7.55. The Hall–Kier alpha value is -1.13. The van der Waals surface area contributed by atoms with Gasteiger partial charge in [-0.2, -0.15) is 5.10 Å². The summed E-state index contributed by atoms with van der Waals surface area (Å²) in [6, 6.07) is 2.03. The van der Waals surface area contributed by atoms with Gasteiger partial charge in [0.15, 0.2) is 0 Å². The molecule has 0 aromatic carbocycles. The first-order valence-corrected chi connectivity index (χ1v) is 6.03. The Labute approximate surface area is 104 Å².